The van der Waals surface area contributed by atoms with E-state index in [1.165, 1.54) is 0 Å². The predicted molar refractivity (Wildman–Crippen MR) is 89.3 cm³/mol. The molecule has 5 nitrogen and oxygen atoms in total. The molecular formula is C18H16N2O3. The average Bonchev–Trinajstić information content (AvgIpc) is 2.60. The molecule has 3 rings (SSSR count). The van der Waals surface area contributed by atoms with Crippen molar-refractivity contribution < 1.29 is 14.6 Å². The topological polar surface area (TPSA) is 63.4 Å². The number of rotatable bonds is 4. The van der Waals surface area contributed by atoms with Gasteiger partial charge in [-0.3, -0.25) is 0 Å². The first kappa shape index (κ1) is 14.8. The first-order valence-electron chi connectivity index (χ1n) is 7.07. The van der Waals surface area contributed by atoms with Crippen LogP contribution in [0.1, 0.15) is 0 Å². The van der Waals surface area contributed by atoms with E-state index < -0.39 is 0 Å². The first-order valence-corrected chi connectivity index (χ1v) is 7.07. The van der Waals surface area contributed by atoms with E-state index in [4.69, 9.17) is 9.47 Å². The Morgan fingerprint density at radius 1 is 0.870 bits per heavy atom. The first-order chi connectivity index (χ1) is 11.2. The highest BCUT2D eigenvalue weighted by Crippen LogP contribution is 2.38. The Bertz CT molecular complexity index is 875. The summed E-state index contributed by atoms with van der Waals surface area (Å²) in [6.07, 6.45) is 0. The molecule has 23 heavy (non-hydrogen) atoms. The molecule has 116 valence electrons. The lowest BCUT2D eigenvalue weighted by atomic mass is 10.1. The molecule has 0 aliphatic rings. The number of nitrogens with zero attached hydrogens (tertiary/aromatic N) is 2. The van der Waals surface area contributed by atoms with Gasteiger partial charge in [0.15, 0.2) is 0 Å². The fraction of sp³-hybridized carbons (Fsp3) is 0.111. The molecule has 0 radical (unpaired) electrons. The van der Waals surface area contributed by atoms with Crippen LogP contribution in [0.5, 0.6) is 17.2 Å². The lowest BCUT2D eigenvalue weighted by Gasteiger charge is -2.07. The smallest absolute Gasteiger partial charge is 0.146 e. The Kier molecular flexibility index (Phi) is 4.10. The van der Waals surface area contributed by atoms with Crippen LogP contribution in [0.15, 0.2) is 64.8 Å². The second-order valence-electron chi connectivity index (χ2n) is 4.89. The number of phenols is 1. The summed E-state index contributed by atoms with van der Waals surface area (Å²) < 4.78 is 10.5. The van der Waals surface area contributed by atoms with Crippen molar-refractivity contribution in [2.24, 2.45) is 10.2 Å². The van der Waals surface area contributed by atoms with Crippen LogP contribution in [0.3, 0.4) is 0 Å². The van der Waals surface area contributed by atoms with Gasteiger partial charge >= 0.3 is 0 Å². The fourth-order valence-electron chi connectivity index (χ4n) is 2.33. The van der Waals surface area contributed by atoms with Gasteiger partial charge in [-0.1, -0.05) is 30.3 Å². The van der Waals surface area contributed by atoms with Crippen LogP contribution in [0.2, 0.25) is 0 Å². The number of azo groups is 1. The molecule has 0 aliphatic carbocycles. The number of aromatic hydroxyl groups is 1. The molecule has 0 aliphatic heterocycles. The summed E-state index contributed by atoms with van der Waals surface area (Å²) in [6, 6.07) is 16.4. The molecule has 3 aromatic rings. The minimum Gasteiger partial charge on any atom is -0.506 e. The summed E-state index contributed by atoms with van der Waals surface area (Å²) in [5, 5.41) is 20.4. The van der Waals surface area contributed by atoms with E-state index >= 15 is 0 Å². The molecule has 0 saturated carbocycles. The van der Waals surface area contributed by atoms with E-state index in [1.807, 2.05) is 30.3 Å². The highest BCUT2D eigenvalue weighted by molar-refractivity contribution is 5.95. The molecule has 0 aromatic heterocycles. The van der Waals surface area contributed by atoms with Crippen molar-refractivity contribution in [2.45, 2.75) is 0 Å². The zero-order chi connectivity index (χ0) is 16.2. The number of benzene rings is 3. The van der Waals surface area contributed by atoms with Crippen molar-refractivity contribution in [3.05, 3.63) is 54.6 Å². The number of fused-ring (bicyclic) bond motifs is 1. The van der Waals surface area contributed by atoms with Gasteiger partial charge in [0, 0.05) is 11.5 Å². The van der Waals surface area contributed by atoms with E-state index in [-0.39, 0.29) is 5.75 Å². The van der Waals surface area contributed by atoms with E-state index in [2.05, 4.69) is 10.2 Å². The van der Waals surface area contributed by atoms with Gasteiger partial charge in [-0.15, -0.1) is 10.2 Å². The Morgan fingerprint density at radius 2 is 1.70 bits per heavy atom. The van der Waals surface area contributed by atoms with Crippen LogP contribution in [0.25, 0.3) is 10.8 Å². The summed E-state index contributed by atoms with van der Waals surface area (Å²) >= 11 is 0. The molecule has 0 unspecified atom stereocenters. The van der Waals surface area contributed by atoms with Crippen LogP contribution < -0.4 is 9.47 Å². The normalized spacial score (nSPS) is 11.0. The summed E-state index contributed by atoms with van der Waals surface area (Å²) in [4.78, 5) is 0. The highest BCUT2D eigenvalue weighted by atomic mass is 16.5. The van der Waals surface area contributed by atoms with Gasteiger partial charge in [-0.05, 0) is 23.6 Å². The number of methoxy groups -OCH3 is 2. The molecule has 0 amide bonds. The van der Waals surface area contributed by atoms with Gasteiger partial charge in [-0.25, -0.2) is 0 Å². The minimum absolute atomic E-state index is 0.0781. The molecule has 0 fully saturated rings. The van der Waals surface area contributed by atoms with Crippen molar-refractivity contribution in [2.75, 3.05) is 14.2 Å². The molecule has 1 N–H and O–H groups in total. The summed E-state index contributed by atoms with van der Waals surface area (Å²) in [6.45, 7) is 0. The summed E-state index contributed by atoms with van der Waals surface area (Å²) in [7, 11) is 3.15. The monoisotopic (exact) mass is 308 g/mol. The maximum atomic E-state index is 10.1. The molecular weight excluding hydrogens is 292 g/mol. The molecule has 3 aromatic carbocycles. The van der Waals surface area contributed by atoms with Gasteiger partial charge in [0.1, 0.15) is 28.6 Å². The van der Waals surface area contributed by atoms with Gasteiger partial charge < -0.3 is 14.6 Å². The quantitative estimate of drug-likeness (QED) is 0.691. The average molecular weight is 308 g/mol. The van der Waals surface area contributed by atoms with Crippen LogP contribution in [0.4, 0.5) is 11.4 Å². The van der Waals surface area contributed by atoms with Gasteiger partial charge in [0.05, 0.1) is 14.2 Å². The van der Waals surface area contributed by atoms with E-state index in [0.29, 0.717) is 22.9 Å². The van der Waals surface area contributed by atoms with Gasteiger partial charge in [0.25, 0.3) is 0 Å². The van der Waals surface area contributed by atoms with Crippen LogP contribution in [-0.4, -0.2) is 19.3 Å². The van der Waals surface area contributed by atoms with Crippen molar-refractivity contribution in [3.63, 3.8) is 0 Å². The number of hydrogen-bond acceptors (Lipinski definition) is 5. The summed E-state index contributed by atoms with van der Waals surface area (Å²) in [5.74, 6) is 1.31. The molecule has 0 spiro atoms. The third kappa shape index (κ3) is 2.94. The molecule has 0 heterocycles. The largest absolute Gasteiger partial charge is 0.506 e. The Morgan fingerprint density at radius 3 is 2.48 bits per heavy atom. The molecule has 0 bridgehead atoms. The standard InChI is InChI=1S/C18H16N2O3/c1-22-13-8-10-17(23-2)15(11-13)19-20-18-14-6-4-3-5-12(14)7-9-16(18)21/h3-11,21H,1-2H3. The zero-order valence-corrected chi connectivity index (χ0v) is 12.9. The van der Waals surface area contributed by atoms with Crippen molar-refractivity contribution in [1.82, 2.24) is 0 Å². The lowest BCUT2D eigenvalue weighted by Crippen LogP contribution is -1.86. The van der Waals surface area contributed by atoms with Crippen LogP contribution in [0, 0.1) is 0 Å². The molecule has 5 heteroatoms. The third-order valence-corrected chi connectivity index (χ3v) is 3.52. The number of ether oxygens (including phenoxy) is 2. The SMILES string of the molecule is COc1ccc(OC)c(N=Nc2c(O)ccc3ccccc23)c1. The maximum absolute atomic E-state index is 10.1. The van der Waals surface area contributed by atoms with Crippen molar-refractivity contribution in [1.29, 1.82) is 0 Å². The minimum atomic E-state index is 0.0781. The van der Waals surface area contributed by atoms with E-state index in [9.17, 15) is 5.11 Å². The summed E-state index contributed by atoms with van der Waals surface area (Å²) in [5.41, 5.74) is 0.951. The van der Waals surface area contributed by atoms with Crippen LogP contribution >= 0.6 is 0 Å². The molecule has 0 atom stereocenters. The maximum Gasteiger partial charge on any atom is 0.146 e. The van der Waals surface area contributed by atoms with Gasteiger partial charge in [0.2, 0.25) is 0 Å². The fourth-order valence-corrected chi connectivity index (χ4v) is 2.33. The Balaban J connectivity index is 2.09. The number of hydrogen-bond donors (Lipinski definition) is 1. The van der Waals surface area contributed by atoms with E-state index in [1.54, 1.807) is 38.5 Å². The van der Waals surface area contributed by atoms with Gasteiger partial charge in [-0.2, -0.15) is 0 Å². The Hall–Kier alpha value is -3.08. The molecule has 0 saturated heterocycles. The zero-order valence-electron chi connectivity index (χ0n) is 12.9. The van der Waals surface area contributed by atoms with Crippen LogP contribution in [-0.2, 0) is 0 Å². The van der Waals surface area contributed by atoms with Crippen molar-refractivity contribution >= 4 is 22.1 Å². The second-order valence-corrected chi connectivity index (χ2v) is 4.89. The highest BCUT2D eigenvalue weighted by Gasteiger charge is 2.08. The van der Waals surface area contributed by atoms with E-state index in [0.717, 1.165) is 10.8 Å². The predicted octanol–water partition coefficient (Wildman–Crippen LogP) is 4.98. The van der Waals surface area contributed by atoms with Crippen molar-refractivity contribution in [3.8, 4) is 17.2 Å². The number of phenolic OH excluding ortho intramolecular Hbond substituents is 1. The third-order valence-electron chi connectivity index (χ3n) is 3.52. The second kappa shape index (κ2) is 6.36. The lowest BCUT2D eigenvalue weighted by molar-refractivity contribution is 0.404. The Labute approximate surface area is 133 Å².